The number of nitrogens with one attached hydrogen (secondary N) is 1. The van der Waals surface area contributed by atoms with Crippen LogP contribution in [0.1, 0.15) is 0 Å². The zero-order valence-corrected chi connectivity index (χ0v) is 8.01. The lowest BCUT2D eigenvalue weighted by molar-refractivity contribution is 1.34. The standard InChI is InChI=1S/C7H5ClN2.BrH/c8-5-1-2-6-7(3-5)10-4-9-6;/h1-4H,(H,9,10);1H. The van der Waals surface area contributed by atoms with Crippen LogP contribution in [0.5, 0.6) is 0 Å². The summed E-state index contributed by atoms with van der Waals surface area (Å²) in [6.07, 6.45) is 1.65. The van der Waals surface area contributed by atoms with E-state index in [1.54, 1.807) is 6.33 Å². The van der Waals surface area contributed by atoms with E-state index in [-0.39, 0.29) is 17.0 Å². The number of aromatic amines is 1. The number of rotatable bonds is 0. The van der Waals surface area contributed by atoms with Gasteiger partial charge in [-0.25, -0.2) is 4.98 Å². The smallest absolute Gasteiger partial charge is 0.0931 e. The van der Waals surface area contributed by atoms with Gasteiger partial charge in [0.2, 0.25) is 0 Å². The van der Waals surface area contributed by atoms with Crippen LogP contribution in [-0.2, 0) is 0 Å². The molecule has 2 aromatic rings. The highest BCUT2D eigenvalue weighted by molar-refractivity contribution is 8.93. The van der Waals surface area contributed by atoms with Gasteiger partial charge in [0, 0.05) is 5.02 Å². The van der Waals surface area contributed by atoms with Crippen molar-refractivity contribution in [2.45, 2.75) is 0 Å². The first-order valence-corrected chi connectivity index (χ1v) is 3.33. The zero-order valence-electron chi connectivity index (χ0n) is 5.54. The largest absolute Gasteiger partial charge is 0.345 e. The monoisotopic (exact) mass is 232 g/mol. The van der Waals surface area contributed by atoms with Crippen molar-refractivity contribution in [2.24, 2.45) is 0 Å². The number of halogens is 2. The quantitative estimate of drug-likeness (QED) is 0.745. The molecule has 2 rings (SSSR count). The first kappa shape index (κ1) is 8.56. The van der Waals surface area contributed by atoms with Gasteiger partial charge in [-0.05, 0) is 18.2 Å². The molecule has 0 fully saturated rings. The molecule has 0 radical (unpaired) electrons. The van der Waals surface area contributed by atoms with Crippen molar-refractivity contribution in [1.29, 1.82) is 0 Å². The molecule has 0 saturated carbocycles. The lowest BCUT2D eigenvalue weighted by Gasteiger charge is -1.87. The fourth-order valence-electron chi connectivity index (χ4n) is 0.908. The van der Waals surface area contributed by atoms with E-state index in [2.05, 4.69) is 9.97 Å². The minimum absolute atomic E-state index is 0. The molecule has 2 nitrogen and oxygen atoms in total. The molecule has 0 aliphatic heterocycles. The Morgan fingerprint density at radius 3 is 3.00 bits per heavy atom. The summed E-state index contributed by atoms with van der Waals surface area (Å²) in [4.78, 5) is 7.01. The maximum Gasteiger partial charge on any atom is 0.0931 e. The van der Waals surface area contributed by atoms with Crippen molar-refractivity contribution in [3.63, 3.8) is 0 Å². The fraction of sp³-hybridized carbons (Fsp3) is 0. The van der Waals surface area contributed by atoms with E-state index in [9.17, 15) is 0 Å². The second-order valence-corrected chi connectivity index (χ2v) is 2.50. The third-order valence-corrected chi connectivity index (χ3v) is 1.62. The van der Waals surface area contributed by atoms with Gasteiger partial charge in [0.05, 0.1) is 17.4 Å². The Kier molecular flexibility index (Phi) is 2.52. The molecule has 1 aromatic carbocycles. The minimum Gasteiger partial charge on any atom is -0.345 e. The molecular formula is C7H6BrClN2. The molecule has 0 bridgehead atoms. The highest BCUT2D eigenvalue weighted by Crippen LogP contribution is 2.14. The molecular weight excluding hydrogens is 227 g/mol. The van der Waals surface area contributed by atoms with Crippen molar-refractivity contribution in [1.82, 2.24) is 9.97 Å². The van der Waals surface area contributed by atoms with Crippen LogP contribution in [-0.4, -0.2) is 9.97 Å². The molecule has 0 atom stereocenters. The van der Waals surface area contributed by atoms with E-state index >= 15 is 0 Å². The number of hydrogen-bond acceptors (Lipinski definition) is 1. The van der Waals surface area contributed by atoms with E-state index in [0.29, 0.717) is 0 Å². The summed E-state index contributed by atoms with van der Waals surface area (Å²) in [5.41, 5.74) is 1.93. The molecule has 0 saturated heterocycles. The molecule has 1 N–H and O–H groups in total. The maximum absolute atomic E-state index is 5.73. The summed E-state index contributed by atoms with van der Waals surface area (Å²) in [5.74, 6) is 0. The van der Waals surface area contributed by atoms with E-state index < -0.39 is 0 Å². The van der Waals surface area contributed by atoms with Gasteiger partial charge in [-0.2, -0.15) is 0 Å². The average Bonchev–Trinajstić information content (AvgIpc) is 2.33. The zero-order chi connectivity index (χ0) is 6.97. The summed E-state index contributed by atoms with van der Waals surface area (Å²) in [5, 5.41) is 0.733. The van der Waals surface area contributed by atoms with Crippen LogP contribution in [0.4, 0.5) is 0 Å². The van der Waals surface area contributed by atoms with Crippen molar-refractivity contribution < 1.29 is 0 Å². The van der Waals surface area contributed by atoms with Crippen molar-refractivity contribution in [3.8, 4) is 0 Å². The third-order valence-electron chi connectivity index (χ3n) is 1.38. The highest BCUT2D eigenvalue weighted by Gasteiger charge is 1.93. The minimum atomic E-state index is 0. The van der Waals surface area contributed by atoms with Gasteiger partial charge in [-0.1, -0.05) is 11.6 Å². The second-order valence-electron chi connectivity index (χ2n) is 2.06. The number of fused-ring (bicyclic) bond motifs is 1. The van der Waals surface area contributed by atoms with E-state index in [0.717, 1.165) is 16.1 Å². The van der Waals surface area contributed by atoms with Crippen molar-refractivity contribution in [3.05, 3.63) is 29.5 Å². The SMILES string of the molecule is Br.Clc1ccc2nc[nH]c2c1. The summed E-state index contributed by atoms with van der Waals surface area (Å²) < 4.78 is 0. The molecule has 1 aromatic heterocycles. The fourth-order valence-corrected chi connectivity index (χ4v) is 1.08. The number of H-pyrrole nitrogens is 1. The summed E-state index contributed by atoms with van der Waals surface area (Å²) in [6, 6.07) is 5.56. The van der Waals surface area contributed by atoms with Gasteiger partial charge in [-0.15, -0.1) is 17.0 Å². The summed E-state index contributed by atoms with van der Waals surface area (Å²) in [6.45, 7) is 0. The Morgan fingerprint density at radius 2 is 2.18 bits per heavy atom. The maximum atomic E-state index is 5.73. The number of aromatic nitrogens is 2. The number of benzene rings is 1. The lowest BCUT2D eigenvalue weighted by Crippen LogP contribution is -1.67. The van der Waals surface area contributed by atoms with Gasteiger partial charge in [0.25, 0.3) is 0 Å². The van der Waals surface area contributed by atoms with Crippen molar-refractivity contribution in [2.75, 3.05) is 0 Å². The summed E-state index contributed by atoms with van der Waals surface area (Å²) in [7, 11) is 0. The van der Waals surface area contributed by atoms with Crippen LogP contribution in [0.15, 0.2) is 24.5 Å². The first-order chi connectivity index (χ1) is 4.86. The van der Waals surface area contributed by atoms with E-state index in [4.69, 9.17) is 11.6 Å². The van der Waals surface area contributed by atoms with Crippen molar-refractivity contribution >= 4 is 39.6 Å². The Morgan fingerprint density at radius 1 is 1.36 bits per heavy atom. The molecule has 0 aliphatic rings. The van der Waals surface area contributed by atoms with Crippen LogP contribution >= 0.6 is 28.6 Å². The van der Waals surface area contributed by atoms with Crippen LogP contribution in [0.3, 0.4) is 0 Å². The third kappa shape index (κ3) is 1.54. The predicted octanol–water partition coefficient (Wildman–Crippen LogP) is 2.79. The van der Waals surface area contributed by atoms with Crippen LogP contribution in [0.2, 0.25) is 5.02 Å². The Bertz CT molecular complexity index is 358. The summed E-state index contributed by atoms with van der Waals surface area (Å²) >= 11 is 5.73. The van der Waals surface area contributed by atoms with Gasteiger partial charge in [0.15, 0.2) is 0 Å². The molecule has 1 heterocycles. The molecule has 0 spiro atoms. The van der Waals surface area contributed by atoms with Crippen LogP contribution in [0.25, 0.3) is 11.0 Å². The number of nitrogens with zero attached hydrogens (tertiary/aromatic N) is 1. The predicted molar refractivity (Wildman–Crippen MR) is 51.4 cm³/mol. The van der Waals surface area contributed by atoms with Crippen LogP contribution < -0.4 is 0 Å². The second kappa shape index (κ2) is 3.24. The number of imidazole rings is 1. The Labute approximate surface area is 79.4 Å². The lowest BCUT2D eigenvalue weighted by atomic mass is 10.3. The molecule has 0 amide bonds. The molecule has 11 heavy (non-hydrogen) atoms. The topological polar surface area (TPSA) is 28.7 Å². The molecule has 58 valence electrons. The van der Waals surface area contributed by atoms with Gasteiger partial charge in [-0.3, -0.25) is 0 Å². The molecule has 0 unspecified atom stereocenters. The van der Waals surface area contributed by atoms with Gasteiger partial charge < -0.3 is 4.98 Å². The molecule has 4 heteroatoms. The average molecular weight is 233 g/mol. The Balaban J connectivity index is 0.000000605. The van der Waals surface area contributed by atoms with Gasteiger partial charge >= 0.3 is 0 Å². The first-order valence-electron chi connectivity index (χ1n) is 2.95. The van der Waals surface area contributed by atoms with E-state index in [1.165, 1.54) is 0 Å². The Hall–Kier alpha value is -0.540. The normalized spacial score (nSPS) is 9.55. The number of hydrogen-bond donors (Lipinski definition) is 1. The molecule has 0 aliphatic carbocycles. The van der Waals surface area contributed by atoms with Crippen LogP contribution in [0, 0.1) is 0 Å². The van der Waals surface area contributed by atoms with Gasteiger partial charge in [0.1, 0.15) is 0 Å². The van der Waals surface area contributed by atoms with E-state index in [1.807, 2.05) is 18.2 Å². The highest BCUT2D eigenvalue weighted by atomic mass is 79.9.